The lowest BCUT2D eigenvalue weighted by atomic mass is 10.1. The van der Waals surface area contributed by atoms with Gasteiger partial charge in [-0.3, -0.25) is 10.1 Å². The average molecular weight is 335 g/mol. The van der Waals surface area contributed by atoms with Gasteiger partial charge in [-0.1, -0.05) is 12.1 Å². The van der Waals surface area contributed by atoms with Crippen LogP contribution in [0.25, 0.3) is 10.9 Å². The molecule has 0 unspecified atom stereocenters. The number of nitro groups is 1. The molecule has 1 aromatic heterocycles. The van der Waals surface area contributed by atoms with E-state index in [1.807, 2.05) is 29.7 Å². The molecular weight excluding hydrogens is 318 g/mol. The first-order valence-electron chi connectivity index (χ1n) is 7.85. The molecule has 0 saturated heterocycles. The quantitative estimate of drug-likeness (QED) is 0.521. The first kappa shape index (κ1) is 16.5. The van der Waals surface area contributed by atoms with Gasteiger partial charge >= 0.3 is 0 Å². The molecule has 3 aromatic rings. The predicted molar refractivity (Wildman–Crippen MR) is 94.7 cm³/mol. The van der Waals surface area contributed by atoms with E-state index < -0.39 is 4.92 Å². The standard InChI is InChI=1S/C19H17N3O3/c1-13-17-11-16(12-20)21(18(17)7-8-19(13)25-2)10-9-14-3-5-15(6-4-14)22(23)24/h3-8,11H,9-10H2,1-2H3. The van der Waals surface area contributed by atoms with Crippen LogP contribution >= 0.6 is 0 Å². The van der Waals surface area contributed by atoms with Gasteiger partial charge in [0.25, 0.3) is 5.69 Å². The Morgan fingerprint density at radius 2 is 1.96 bits per heavy atom. The highest BCUT2D eigenvalue weighted by atomic mass is 16.6. The fourth-order valence-corrected chi connectivity index (χ4v) is 3.04. The second kappa shape index (κ2) is 6.65. The Bertz CT molecular complexity index is 982. The third kappa shape index (κ3) is 3.04. The highest BCUT2D eigenvalue weighted by molar-refractivity contribution is 5.87. The summed E-state index contributed by atoms with van der Waals surface area (Å²) >= 11 is 0. The summed E-state index contributed by atoms with van der Waals surface area (Å²) in [5, 5.41) is 21.2. The van der Waals surface area contributed by atoms with Crippen molar-refractivity contribution in [2.75, 3.05) is 7.11 Å². The van der Waals surface area contributed by atoms with Crippen LogP contribution in [0.5, 0.6) is 5.75 Å². The Kier molecular flexibility index (Phi) is 4.40. The number of rotatable bonds is 5. The summed E-state index contributed by atoms with van der Waals surface area (Å²) in [4.78, 5) is 10.3. The van der Waals surface area contributed by atoms with Gasteiger partial charge in [0.1, 0.15) is 17.5 Å². The first-order chi connectivity index (χ1) is 12.0. The largest absolute Gasteiger partial charge is 0.496 e. The van der Waals surface area contributed by atoms with Crippen molar-refractivity contribution in [2.24, 2.45) is 0 Å². The third-order valence-electron chi connectivity index (χ3n) is 4.41. The predicted octanol–water partition coefficient (Wildman–Crippen LogP) is 3.98. The summed E-state index contributed by atoms with van der Waals surface area (Å²) in [6, 6.07) is 14.5. The number of aryl methyl sites for hydroxylation is 3. The smallest absolute Gasteiger partial charge is 0.269 e. The molecule has 25 heavy (non-hydrogen) atoms. The van der Waals surface area contributed by atoms with Gasteiger partial charge in [-0.2, -0.15) is 5.26 Å². The van der Waals surface area contributed by atoms with Gasteiger partial charge in [-0.05, 0) is 37.1 Å². The maximum atomic E-state index is 10.7. The summed E-state index contributed by atoms with van der Waals surface area (Å²) in [6.45, 7) is 2.60. The number of fused-ring (bicyclic) bond motifs is 1. The summed E-state index contributed by atoms with van der Waals surface area (Å²) in [7, 11) is 1.63. The molecule has 0 aliphatic rings. The van der Waals surface area contributed by atoms with Crippen LogP contribution < -0.4 is 4.74 Å². The van der Waals surface area contributed by atoms with Crippen LogP contribution in [0.1, 0.15) is 16.8 Å². The fraction of sp³-hybridized carbons (Fsp3) is 0.211. The molecule has 0 atom stereocenters. The van der Waals surface area contributed by atoms with Crippen LogP contribution in [0.3, 0.4) is 0 Å². The molecule has 0 aliphatic carbocycles. The molecular formula is C19H17N3O3. The van der Waals surface area contributed by atoms with Crippen molar-refractivity contribution < 1.29 is 9.66 Å². The maximum absolute atomic E-state index is 10.7. The molecule has 0 amide bonds. The van der Waals surface area contributed by atoms with Gasteiger partial charge in [0.05, 0.1) is 12.0 Å². The van der Waals surface area contributed by atoms with Crippen molar-refractivity contribution in [3.8, 4) is 11.8 Å². The molecule has 0 saturated carbocycles. The summed E-state index contributed by atoms with van der Waals surface area (Å²) < 4.78 is 7.32. The molecule has 6 heteroatoms. The van der Waals surface area contributed by atoms with Crippen LogP contribution in [-0.2, 0) is 13.0 Å². The number of ether oxygens (including phenoxy) is 1. The van der Waals surface area contributed by atoms with Crippen molar-refractivity contribution in [1.29, 1.82) is 5.26 Å². The van der Waals surface area contributed by atoms with Crippen LogP contribution in [0, 0.1) is 28.4 Å². The SMILES string of the molecule is COc1ccc2c(cc(C#N)n2CCc2ccc([N+](=O)[O-])cc2)c1C. The lowest BCUT2D eigenvalue weighted by Crippen LogP contribution is -2.03. The van der Waals surface area contributed by atoms with E-state index in [2.05, 4.69) is 6.07 Å². The van der Waals surface area contributed by atoms with E-state index in [0.29, 0.717) is 18.7 Å². The van der Waals surface area contributed by atoms with Gasteiger partial charge in [0.2, 0.25) is 0 Å². The Morgan fingerprint density at radius 3 is 2.56 bits per heavy atom. The molecule has 3 rings (SSSR count). The van der Waals surface area contributed by atoms with Crippen molar-refractivity contribution in [2.45, 2.75) is 19.9 Å². The number of nitriles is 1. The van der Waals surface area contributed by atoms with Crippen molar-refractivity contribution in [1.82, 2.24) is 4.57 Å². The molecule has 1 heterocycles. The lowest BCUT2D eigenvalue weighted by Gasteiger charge is -2.09. The molecule has 6 nitrogen and oxygen atoms in total. The molecule has 126 valence electrons. The van der Waals surface area contributed by atoms with Crippen LogP contribution in [-0.4, -0.2) is 16.6 Å². The van der Waals surface area contributed by atoms with Crippen molar-refractivity contribution in [3.63, 3.8) is 0 Å². The fourth-order valence-electron chi connectivity index (χ4n) is 3.04. The molecule has 0 spiro atoms. The third-order valence-corrected chi connectivity index (χ3v) is 4.41. The number of hydrogen-bond acceptors (Lipinski definition) is 4. The van der Waals surface area contributed by atoms with E-state index in [1.54, 1.807) is 19.2 Å². The Balaban J connectivity index is 1.91. The van der Waals surface area contributed by atoms with Crippen LogP contribution in [0.15, 0.2) is 42.5 Å². The van der Waals surface area contributed by atoms with E-state index in [9.17, 15) is 15.4 Å². The van der Waals surface area contributed by atoms with Crippen molar-refractivity contribution in [3.05, 3.63) is 69.4 Å². The Labute approximate surface area is 145 Å². The second-order valence-corrected chi connectivity index (χ2v) is 5.79. The van der Waals surface area contributed by atoms with E-state index in [0.717, 1.165) is 27.8 Å². The van der Waals surface area contributed by atoms with Gasteiger partial charge < -0.3 is 9.30 Å². The van der Waals surface area contributed by atoms with E-state index in [4.69, 9.17) is 4.74 Å². The molecule has 2 aromatic carbocycles. The number of non-ortho nitro benzene ring substituents is 1. The zero-order valence-corrected chi connectivity index (χ0v) is 14.0. The minimum absolute atomic E-state index is 0.0793. The maximum Gasteiger partial charge on any atom is 0.269 e. The topological polar surface area (TPSA) is 81.1 Å². The highest BCUT2D eigenvalue weighted by Crippen LogP contribution is 2.30. The number of nitro benzene ring substituents is 1. The van der Waals surface area contributed by atoms with Gasteiger partial charge in [0.15, 0.2) is 0 Å². The number of nitrogens with zero attached hydrogens (tertiary/aromatic N) is 3. The van der Waals surface area contributed by atoms with Gasteiger partial charge in [0, 0.05) is 35.1 Å². The van der Waals surface area contributed by atoms with E-state index in [1.165, 1.54) is 12.1 Å². The van der Waals surface area contributed by atoms with Crippen LogP contribution in [0.2, 0.25) is 0 Å². The van der Waals surface area contributed by atoms with E-state index in [-0.39, 0.29) is 5.69 Å². The summed E-state index contributed by atoms with van der Waals surface area (Å²) in [6.07, 6.45) is 0.682. The zero-order chi connectivity index (χ0) is 18.0. The monoisotopic (exact) mass is 335 g/mol. The highest BCUT2D eigenvalue weighted by Gasteiger charge is 2.13. The average Bonchev–Trinajstić information content (AvgIpc) is 2.99. The van der Waals surface area contributed by atoms with Crippen molar-refractivity contribution >= 4 is 16.6 Å². The normalized spacial score (nSPS) is 10.6. The Morgan fingerprint density at radius 1 is 1.24 bits per heavy atom. The van der Waals surface area contributed by atoms with E-state index >= 15 is 0 Å². The molecule has 0 fully saturated rings. The number of benzene rings is 2. The molecule has 0 N–H and O–H groups in total. The number of hydrogen-bond donors (Lipinski definition) is 0. The number of methoxy groups -OCH3 is 1. The minimum Gasteiger partial charge on any atom is -0.496 e. The summed E-state index contributed by atoms with van der Waals surface area (Å²) in [5.74, 6) is 0.796. The summed E-state index contributed by atoms with van der Waals surface area (Å²) in [5.41, 5.74) is 3.65. The first-order valence-corrected chi connectivity index (χ1v) is 7.85. The molecule has 0 radical (unpaired) electrons. The van der Waals surface area contributed by atoms with Gasteiger partial charge in [-0.25, -0.2) is 0 Å². The number of aromatic nitrogens is 1. The molecule has 0 aliphatic heterocycles. The Hall–Kier alpha value is -3.33. The van der Waals surface area contributed by atoms with Gasteiger partial charge in [-0.15, -0.1) is 0 Å². The lowest BCUT2D eigenvalue weighted by molar-refractivity contribution is -0.384. The second-order valence-electron chi connectivity index (χ2n) is 5.79. The zero-order valence-electron chi connectivity index (χ0n) is 14.0. The minimum atomic E-state index is -0.410. The van der Waals surface area contributed by atoms with Crippen LogP contribution in [0.4, 0.5) is 5.69 Å². The molecule has 0 bridgehead atoms.